The van der Waals surface area contributed by atoms with Gasteiger partial charge in [-0.1, -0.05) is 31.6 Å². The van der Waals surface area contributed by atoms with Crippen molar-refractivity contribution in [3.63, 3.8) is 0 Å². The standard InChI is InChI=1S/C20H22N4O4S/c1-4-12(2)16(21-17(25)15-6-5-11-28-15)18(26)22-20-24-23-19(29-20)13-7-9-14(27-3)10-8-13/h5-12,16H,4H2,1-3H3,(H,21,25)(H,22,24,26)/t12-,16-/m0/s1. The molecule has 29 heavy (non-hydrogen) atoms. The lowest BCUT2D eigenvalue weighted by atomic mass is 9.98. The summed E-state index contributed by atoms with van der Waals surface area (Å²) < 4.78 is 10.3. The van der Waals surface area contributed by atoms with Crippen molar-refractivity contribution in [3.8, 4) is 16.3 Å². The molecule has 2 aromatic heterocycles. The summed E-state index contributed by atoms with van der Waals surface area (Å²) in [5, 5.41) is 14.7. The van der Waals surface area contributed by atoms with Gasteiger partial charge in [0, 0.05) is 5.56 Å². The number of ether oxygens (including phenoxy) is 1. The smallest absolute Gasteiger partial charge is 0.287 e. The van der Waals surface area contributed by atoms with Crippen molar-refractivity contribution in [1.29, 1.82) is 0 Å². The fourth-order valence-electron chi connectivity index (χ4n) is 2.63. The largest absolute Gasteiger partial charge is 0.497 e. The van der Waals surface area contributed by atoms with E-state index in [1.54, 1.807) is 19.2 Å². The lowest BCUT2D eigenvalue weighted by molar-refractivity contribution is -0.119. The molecule has 0 bridgehead atoms. The number of amides is 2. The van der Waals surface area contributed by atoms with Crippen LogP contribution in [-0.4, -0.2) is 35.2 Å². The third kappa shape index (κ3) is 5.00. The first-order valence-corrected chi connectivity index (χ1v) is 9.96. The molecular formula is C20H22N4O4S. The molecule has 2 N–H and O–H groups in total. The summed E-state index contributed by atoms with van der Waals surface area (Å²) in [5.41, 5.74) is 0.869. The summed E-state index contributed by atoms with van der Waals surface area (Å²) in [6.45, 7) is 3.85. The Labute approximate surface area is 172 Å². The van der Waals surface area contributed by atoms with Crippen LogP contribution in [0.3, 0.4) is 0 Å². The van der Waals surface area contributed by atoms with E-state index in [1.807, 2.05) is 38.1 Å². The van der Waals surface area contributed by atoms with Crippen LogP contribution >= 0.6 is 11.3 Å². The summed E-state index contributed by atoms with van der Waals surface area (Å²) in [6.07, 6.45) is 2.12. The molecule has 1 aromatic carbocycles. The van der Waals surface area contributed by atoms with Gasteiger partial charge in [0.15, 0.2) is 5.76 Å². The highest BCUT2D eigenvalue weighted by atomic mass is 32.1. The second kappa shape index (κ2) is 9.33. The molecule has 0 aliphatic rings. The number of rotatable bonds is 8. The van der Waals surface area contributed by atoms with Crippen LogP contribution in [0.25, 0.3) is 10.6 Å². The first-order chi connectivity index (χ1) is 14.0. The lowest BCUT2D eigenvalue weighted by Crippen LogP contribution is -2.47. The molecule has 0 unspecified atom stereocenters. The summed E-state index contributed by atoms with van der Waals surface area (Å²) in [5.74, 6) is 0.0329. The number of furan rings is 1. The zero-order valence-electron chi connectivity index (χ0n) is 16.3. The minimum Gasteiger partial charge on any atom is -0.497 e. The van der Waals surface area contributed by atoms with E-state index in [2.05, 4.69) is 20.8 Å². The van der Waals surface area contributed by atoms with Gasteiger partial charge in [0.05, 0.1) is 13.4 Å². The van der Waals surface area contributed by atoms with Gasteiger partial charge in [-0.05, 0) is 42.3 Å². The molecule has 3 aromatic rings. The van der Waals surface area contributed by atoms with Gasteiger partial charge in [0.2, 0.25) is 11.0 Å². The Morgan fingerprint density at radius 3 is 2.59 bits per heavy atom. The number of aromatic nitrogens is 2. The van der Waals surface area contributed by atoms with E-state index >= 15 is 0 Å². The first kappa shape index (κ1) is 20.5. The molecule has 2 amide bonds. The number of hydrogen-bond donors (Lipinski definition) is 2. The molecule has 152 valence electrons. The second-order valence-corrected chi connectivity index (χ2v) is 7.42. The topological polar surface area (TPSA) is 106 Å². The van der Waals surface area contributed by atoms with Crippen LogP contribution < -0.4 is 15.4 Å². The van der Waals surface area contributed by atoms with Crippen molar-refractivity contribution in [2.24, 2.45) is 5.92 Å². The normalized spacial score (nSPS) is 12.8. The zero-order chi connectivity index (χ0) is 20.8. The zero-order valence-corrected chi connectivity index (χ0v) is 17.2. The third-order valence-electron chi connectivity index (χ3n) is 4.52. The van der Waals surface area contributed by atoms with Gasteiger partial charge in [0.25, 0.3) is 5.91 Å². The predicted molar refractivity (Wildman–Crippen MR) is 110 cm³/mol. The fraction of sp³-hybridized carbons (Fsp3) is 0.300. The maximum absolute atomic E-state index is 12.8. The van der Waals surface area contributed by atoms with Crippen molar-refractivity contribution >= 4 is 28.3 Å². The van der Waals surface area contributed by atoms with Gasteiger partial charge in [0.1, 0.15) is 16.8 Å². The molecule has 0 saturated heterocycles. The van der Waals surface area contributed by atoms with E-state index in [0.717, 1.165) is 11.3 Å². The molecule has 0 aliphatic heterocycles. The average Bonchev–Trinajstić information content (AvgIpc) is 3.43. The van der Waals surface area contributed by atoms with Crippen LogP contribution in [0.15, 0.2) is 47.1 Å². The van der Waals surface area contributed by atoms with Crippen molar-refractivity contribution < 1.29 is 18.7 Å². The van der Waals surface area contributed by atoms with E-state index in [-0.39, 0.29) is 17.6 Å². The lowest BCUT2D eigenvalue weighted by Gasteiger charge is -2.22. The van der Waals surface area contributed by atoms with Gasteiger partial charge >= 0.3 is 0 Å². The Morgan fingerprint density at radius 1 is 1.21 bits per heavy atom. The Hall–Kier alpha value is -3.20. The van der Waals surface area contributed by atoms with Gasteiger partial charge in [-0.15, -0.1) is 10.2 Å². The Bertz CT molecular complexity index is 953. The van der Waals surface area contributed by atoms with Crippen molar-refractivity contribution in [2.45, 2.75) is 26.3 Å². The van der Waals surface area contributed by atoms with Gasteiger partial charge in [-0.3, -0.25) is 14.9 Å². The molecule has 0 fully saturated rings. The van der Waals surface area contributed by atoms with Crippen molar-refractivity contribution in [2.75, 3.05) is 12.4 Å². The van der Waals surface area contributed by atoms with Crippen LogP contribution in [0.2, 0.25) is 0 Å². The molecule has 0 radical (unpaired) electrons. The van der Waals surface area contributed by atoms with E-state index in [4.69, 9.17) is 9.15 Å². The van der Waals surface area contributed by atoms with Gasteiger partial charge < -0.3 is 14.5 Å². The maximum Gasteiger partial charge on any atom is 0.287 e. The van der Waals surface area contributed by atoms with Gasteiger partial charge in [-0.2, -0.15) is 0 Å². The number of hydrogen-bond acceptors (Lipinski definition) is 7. The minimum atomic E-state index is -0.731. The summed E-state index contributed by atoms with van der Waals surface area (Å²) >= 11 is 1.25. The Balaban J connectivity index is 1.70. The van der Waals surface area contributed by atoms with Crippen molar-refractivity contribution in [3.05, 3.63) is 48.4 Å². The molecule has 8 nitrogen and oxygen atoms in total. The number of carbonyl (C=O) groups is 2. The number of anilines is 1. The Kier molecular flexibility index (Phi) is 6.61. The van der Waals surface area contributed by atoms with E-state index in [9.17, 15) is 9.59 Å². The van der Waals surface area contributed by atoms with Crippen LogP contribution in [0.1, 0.15) is 30.8 Å². The summed E-state index contributed by atoms with van der Waals surface area (Å²) in [7, 11) is 1.60. The number of methoxy groups -OCH3 is 1. The molecular weight excluding hydrogens is 392 g/mol. The summed E-state index contributed by atoms with van der Waals surface area (Å²) in [4.78, 5) is 25.1. The molecule has 9 heteroatoms. The van der Waals surface area contributed by atoms with Crippen LogP contribution in [0.4, 0.5) is 5.13 Å². The summed E-state index contributed by atoms with van der Waals surface area (Å²) in [6, 6.07) is 9.84. The SMILES string of the molecule is CC[C@H](C)[C@H](NC(=O)c1ccco1)C(=O)Nc1nnc(-c2ccc(OC)cc2)s1. The van der Waals surface area contributed by atoms with Crippen LogP contribution in [0.5, 0.6) is 5.75 Å². The van der Waals surface area contributed by atoms with E-state index in [1.165, 1.54) is 17.6 Å². The number of nitrogens with zero attached hydrogens (tertiary/aromatic N) is 2. The molecule has 0 saturated carbocycles. The molecule has 3 rings (SSSR count). The number of benzene rings is 1. The molecule has 0 aliphatic carbocycles. The number of carbonyl (C=O) groups excluding carboxylic acids is 2. The van der Waals surface area contributed by atoms with E-state index < -0.39 is 11.9 Å². The number of nitrogens with one attached hydrogen (secondary N) is 2. The Morgan fingerprint density at radius 2 is 1.97 bits per heavy atom. The van der Waals surface area contributed by atoms with E-state index in [0.29, 0.717) is 16.6 Å². The van der Waals surface area contributed by atoms with Crippen LogP contribution in [0, 0.1) is 5.92 Å². The highest BCUT2D eigenvalue weighted by Crippen LogP contribution is 2.28. The maximum atomic E-state index is 12.8. The third-order valence-corrected chi connectivity index (χ3v) is 5.41. The second-order valence-electron chi connectivity index (χ2n) is 6.44. The highest BCUT2D eigenvalue weighted by molar-refractivity contribution is 7.18. The van der Waals surface area contributed by atoms with Gasteiger partial charge in [-0.25, -0.2) is 0 Å². The fourth-order valence-corrected chi connectivity index (χ4v) is 3.38. The minimum absolute atomic E-state index is 0.0807. The highest BCUT2D eigenvalue weighted by Gasteiger charge is 2.28. The monoisotopic (exact) mass is 414 g/mol. The van der Waals surface area contributed by atoms with Crippen LogP contribution in [-0.2, 0) is 4.79 Å². The molecule has 0 spiro atoms. The molecule has 2 heterocycles. The predicted octanol–water partition coefficient (Wildman–Crippen LogP) is 3.59. The molecule has 2 atom stereocenters. The first-order valence-electron chi connectivity index (χ1n) is 9.15. The quantitative estimate of drug-likeness (QED) is 0.583. The average molecular weight is 414 g/mol. The van der Waals surface area contributed by atoms with Crippen molar-refractivity contribution in [1.82, 2.24) is 15.5 Å².